The summed E-state index contributed by atoms with van der Waals surface area (Å²) in [5, 5.41) is 0.687. The van der Waals surface area contributed by atoms with Crippen molar-refractivity contribution in [2.24, 2.45) is 0 Å². The van der Waals surface area contributed by atoms with Crippen LogP contribution in [0.3, 0.4) is 0 Å². The summed E-state index contributed by atoms with van der Waals surface area (Å²) in [4.78, 5) is 0. The van der Waals surface area contributed by atoms with Gasteiger partial charge in [-0.15, -0.1) is 13.2 Å². The normalized spacial score (nSPS) is 21.4. The molecule has 0 spiro atoms. The standard InChI is InChI=1S/C19H22ClF3N2O/c1-2-13-9-15(20)11-16(10-13)24-25-18(7-8-18)12-14-3-5-17(6-4-14)26-19(21,22)23/h3-5,9-11,17,24-25H,2,6-8,12H2,1H3. The van der Waals surface area contributed by atoms with Crippen molar-refractivity contribution in [3.8, 4) is 0 Å². The van der Waals surface area contributed by atoms with E-state index in [9.17, 15) is 13.2 Å². The van der Waals surface area contributed by atoms with Gasteiger partial charge in [-0.1, -0.05) is 42.3 Å². The van der Waals surface area contributed by atoms with Crippen molar-refractivity contribution in [2.75, 3.05) is 5.43 Å². The molecule has 1 unspecified atom stereocenters. The van der Waals surface area contributed by atoms with E-state index in [1.807, 2.05) is 24.3 Å². The fourth-order valence-electron chi connectivity index (χ4n) is 3.05. The fourth-order valence-corrected chi connectivity index (χ4v) is 3.31. The lowest BCUT2D eigenvalue weighted by Gasteiger charge is -2.23. The summed E-state index contributed by atoms with van der Waals surface area (Å²) in [5.41, 5.74) is 9.62. The van der Waals surface area contributed by atoms with E-state index in [0.717, 1.165) is 42.5 Å². The number of anilines is 1. The van der Waals surface area contributed by atoms with Crippen molar-refractivity contribution >= 4 is 17.3 Å². The third kappa shape index (κ3) is 5.50. The van der Waals surface area contributed by atoms with Gasteiger partial charge in [-0.05, 0) is 55.9 Å². The number of allylic oxidation sites excluding steroid dienone is 1. The largest absolute Gasteiger partial charge is 0.523 e. The van der Waals surface area contributed by atoms with Crippen LogP contribution in [-0.2, 0) is 11.2 Å². The number of benzene rings is 1. The Morgan fingerprint density at radius 1 is 1.27 bits per heavy atom. The molecule has 1 saturated carbocycles. The fraction of sp³-hybridized carbons (Fsp3) is 0.474. The number of ether oxygens (including phenoxy) is 1. The Hall–Kier alpha value is -1.50. The van der Waals surface area contributed by atoms with Crippen molar-refractivity contribution in [1.29, 1.82) is 0 Å². The molecule has 1 atom stereocenters. The minimum atomic E-state index is -4.60. The Morgan fingerprint density at radius 3 is 2.62 bits per heavy atom. The summed E-state index contributed by atoms with van der Waals surface area (Å²) >= 11 is 6.13. The number of aryl methyl sites for hydroxylation is 1. The average Bonchev–Trinajstić information content (AvgIpc) is 3.33. The van der Waals surface area contributed by atoms with Gasteiger partial charge in [0.2, 0.25) is 0 Å². The molecule has 142 valence electrons. The molecule has 7 heteroatoms. The van der Waals surface area contributed by atoms with Crippen LogP contribution in [0.1, 0.15) is 38.2 Å². The lowest BCUT2D eigenvalue weighted by atomic mass is 9.98. The molecule has 0 heterocycles. The molecule has 0 saturated heterocycles. The van der Waals surface area contributed by atoms with Gasteiger partial charge in [0, 0.05) is 10.6 Å². The van der Waals surface area contributed by atoms with E-state index >= 15 is 0 Å². The Labute approximate surface area is 156 Å². The summed E-state index contributed by atoms with van der Waals surface area (Å²) < 4.78 is 40.8. The topological polar surface area (TPSA) is 33.3 Å². The first-order valence-electron chi connectivity index (χ1n) is 8.71. The molecule has 3 rings (SSSR count). The SMILES string of the molecule is CCc1cc(Cl)cc(NNC2(CC3=CCC(OC(F)(F)F)C=C3)CC2)c1. The van der Waals surface area contributed by atoms with Gasteiger partial charge >= 0.3 is 6.36 Å². The van der Waals surface area contributed by atoms with Crippen LogP contribution < -0.4 is 10.9 Å². The van der Waals surface area contributed by atoms with Gasteiger partial charge in [0.25, 0.3) is 0 Å². The number of hydrazine groups is 1. The Balaban J connectivity index is 1.53. The quantitative estimate of drug-likeness (QED) is 0.604. The molecule has 1 aromatic rings. The molecule has 0 aromatic heterocycles. The van der Waals surface area contributed by atoms with Crippen LogP contribution in [0.4, 0.5) is 18.9 Å². The van der Waals surface area contributed by atoms with E-state index < -0.39 is 12.5 Å². The van der Waals surface area contributed by atoms with Gasteiger partial charge in [0.05, 0.1) is 11.8 Å². The number of alkyl halides is 3. The molecule has 0 radical (unpaired) electrons. The van der Waals surface area contributed by atoms with E-state index in [1.54, 1.807) is 6.08 Å². The van der Waals surface area contributed by atoms with Gasteiger partial charge < -0.3 is 5.43 Å². The molecular formula is C19H22ClF3N2O. The zero-order chi connectivity index (χ0) is 18.8. The van der Waals surface area contributed by atoms with Crippen LogP contribution in [-0.4, -0.2) is 18.0 Å². The molecule has 2 N–H and O–H groups in total. The van der Waals surface area contributed by atoms with Crippen LogP contribution in [0.5, 0.6) is 0 Å². The molecule has 1 aromatic carbocycles. The molecule has 0 aliphatic heterocycles. The Bertz CT molecular complexity index is 711. The summed E-state index contributed by atoms with van der Waals surface area (Å²) in [7, 11) is 0. The maximum absolute atomic E-state index is 12.3. The maximum Gasteiger partial charge on any atom is 0.523 e. The third-order valence-electron chi connectivity index (χ3n) is 4.66. The lowest BCUT2D eigenvalue weighted by Crippen LogP contribution is -2.36. The Kier molecular flexibility index (Phi) is 5.65. The molecule has 2 aliphatic carbocycles. The predicted molar refractivity (Wildman–Crippen MR) is 96.9 cm³/mol. The summed E-state index contributed by atoms with van der Waals surface area (Å²) in [6, 6.07) is 5.85. The first-order valence-corrected chi connectivity index (χ1v) is 9.09. The van der Waals surface area contributed by atoms with Gasteiger partial charge in [-0.3, -0.25) is 4.74 Å². The summed E-state index contributed by atoms with van der Waals surface area (Å²) in [6.45, 7) is 2.07. The average molecular weight is 387 g/mol. The highest BCUT2D eigenvalue weighted by Crippen LogP contribution is 2.42. The summed E-state index contributed by atoms with van der Waals surface area (Å²) in [6.07, 6.45) is 3.43. The second-order valence-corrected chi connectivity index (χ2v) is 7.32. The predicted octanol–water partition coefficient (Wildman–Crippen LogP) is 5.53. The maximum atomic E-state index is 12.3. The van der Waals surface area contributed by atoms with Crippen molar-refractivity contribution in [2.45, 2.75) is 57.0 Å². The summed E-state index contributed by atoms with van der Waals surface area (Å²) in [5.74, 6) is 0. The number of halogens is 4. The highest BCUT2D eigenvalue weighted by molar-refractivity contribution is 6.30. The van der Waals surface area contributed by atoms with E-state index in [-0.39, 0.29) is 12.0 Å². The highest BCUT2D eigenvalue weighted by atomic mass is 35.5. The number of rotatable bonds is 7. The third-order valence-corrected chi connectivity index (χ3v) is 4.87. The van der Waals surface area contributed by atoms with Gasteiger partial charge in [0.1, 0.15) is 0 Å². The van der Waals surface area contributed by atoms with E-state index in [1.165, 1.54) is 6.08 Å². The molecule has 0 amide bonds. The molecule has 3 nitrogen and oxygen atoms in total. The van der Waals surface area contributed by atoms with Crippen LogP contribution in [0.2, 0.25) is 5.02 Å². The lowest BCUT2D eigenvalue weighted by molar-refractivity contribution is -0.336. The number of nitrogens with one attached hydrogen (secondary N) is 2. The van der Waals surface area contributed by atoms with E-state index in [2.05, 4.69) is 22.5 Å². The van der Waals surface area contributed by atoms with Crippen molar-refractivity contribution in [1.82, 2.24) is 5.43 Å². The first kappa shape index (κ1) is 19.3. The van der Waals surface area contributed by atoms with E-state index in [4.69, 9.17) is 11.6 Å². The zero-order valence-corrected chi connectivity index (χ0v) is 15.3. The van der Waals surface area contributed by atoms with Crippen LogP contribution in [0, 0.1) is 0 Å². The molecule has 2 aliphatic rings. The second kappa shape index (κ2) is 7.62. The van der Waals surface area contributed by atoms with Crippen LogP contribution in [0.25, 0.3) is 0 Å². The monoisotopic (exact) mass is 386 g/mol. The molecular weight excluding hydrogens is 365 g/mol. The first-order chi connectivity index (χ1) is 12.3. The van der Waals surface area contributed by atoms with Crippen molar-refractivity contribution < 1.29 is 17.9 Å². The van der Waals surface area contributed by atoms with Crippen molar-refractivity contribution in [3.63, 3.8) is 0 Å². The van der Waals surface area contributed by atoms with Crippen LogP contribution in [0.15, 0.2) is 42.0 Å². The Morgan fingerprint density at radius 2 is 2.04 bits per heavy atom. The number of hydrogen-bond acceptors (Lipinski definition) is 3. The highest BCUT2D eigenvalue weighted by Gasteiger charge is 2.43. The zero-order valence-electron chi connectivity index (χ0n) is 14.5. The minimum Gasteiger partial charge on any atom is -0.321 e. The second-order valence-electron chi connectivity index (χ2n) is 6.88. The smallest absolute Gasteiger partial charge is 0.321 e. The van der Waals surface area contributed by atoms with E-state index in [0.29, 0.717) is 5.02 Å². The molecule has 0 bridgehead atoms. The minimum absolute atomic E-state index is 0.0669. The van der Waals surface area contributed by atoms with Crippen molar-refractivity contribution in [3.05, 3.63) is 52.6 Å². The molecule has 1 fully saturated rings. The van der Waals surface area contributed by atoms with Crippen LogP contribution >= 0.6 is 11.6 Å². The van der Waals surface area contributed by atoms with Gasteiger partial charge in [-0.2, -0.15) is 0 Å². The van der Waals surface area contributed by atoms with Gasteiger partial charge in [0.15, 0.2) is 0 Å². The van der Waals surface area contributed by atoms with Gasteiger partial charge in [-0.25, -0.2) is 5.43 Å². The number of hydrogen-bond donors (Lipinski definition) is 2. The molecule has 26 heavy (non-hydrogen) atoms.